The zero-order chi connectivity index (χ0) is 14.8. The van der Waals surface area contributed by atoms with Gasteiger partial charge in [-0.05, 0) is 31.4 Å². The molecule has 2 unspecified atom stereocenters. The summed E-state index contributed by atoms with van der Waals surface area (Å²) in [7, 11) is -1.93. The maximum absolute atomic E-state index is 12.2. The molecule has 2 rings (SSSR count). The fraction of sp³-hybridized carbons (Fsp3) is 0.500. The van der Waals surface area contributed by atoms with Crippen LogP contribution in [0.25, 0.3) is 0 Å². The van der Waals surface area contributed by atoms with Gasteiger partial charge in [0.15, 0.2) is 0 Å². The van der Waals surface area contributed by atoms with Gasteiger partial charge in [0.1, 0.15) is 9.88 Å². The minimum Gasteiger partial charge on any atom is -0.388 e. The molecule has 8 heteroatoms. The van der Waals surface area contributed by atoms with Crippen molar-refractivity contribution in [1.82, 2.24) is 9.71 Å². The Hall–Kier alpha value is -1.09. The van der Waals surface area contributed by atoms with Crippen LogP contribution in [0.1, 0.15) is 25.0 Å². The van der Waals surface area contributed by atoms with Crippen LogP contribution in [-0.4, -0.2) is 37.6 Å². The van der Waals surface area contributed by atoms with Crippen molar-refractivity contribution in [3.8, 4) is 0 Å². The van der Waals surface area contributed by atoms with E-state index in [4.69, 9.17) is 22.7 Å². The lowest BCUT2D eigenvalue weighted by Crippen LogP contribution is -2.33. The van der Waals surface area contributed by atoms with Gasteiger partial charge in [0.05, 0.1) is 11.8 Å². The van der Waals surface area contributed by atoms with Crippen molar-refractivity contribution in [3.63, 3.8) is 0 Å². The van der Waals surface area contributed by atoms with Crippen molar-refractivity contribution in [1.29, 1.82) is 0 Å². The topological polar surface area (TPSA) is 94.3 Å². The van der Waals surface area contributed by atoms with Crippen LogP contribution < -0.4 is 10.5 Å². The predicted molar refractivity (Wildman–Crippen MR) is 78.9 cm³/mol. The molecule has 0 amide bonds. The van der Waals surface area contributed by atoms with Crippen LogP contribution in [0.5, 0.6) is 0 Å². The standard InChI is InChI=1S/C12H17N3O3S2/c1-18-9-3-2-8(6-9)15-20(16,17)10-4-5-11(12(13)19)14-7-10/h4-5,7-9,15H,2-3,6H2,1H3,(H2,13,19). The van der Waals surface area contributed by atoms with Crippen molar-refractivity contribution < 1.29 is 13.2 Å². The molecule has 1 saturated carbocycles. The first-order valence-electron chi connectivity index (χ1n) is 6.23. The molecule has 0 aromatic carbocycles. The maximum Gasteiger partial charge on any atom is 0.242 e. The Labute approximate surface area is 123 Å². The number of ether oxygens (including phenoxy) is 1. The van der Waals surface area contributed by atoms with Gasteiger partial charge < -0.3 is 10.5 Å². The van der Waals surface area contributed by atoms with Crippen LogP contribution in [0.15, 0.2) is 23.2 Å². The molecule has 1 aromatic rings. The maximum atomic E-state index is 12.2. The molecule has 6 nitrogen and oxygen atoms in total. The van der Waals surface area contributed by atoms with Gasteiger partial charge in [0.2, 0.25) is 10.0 Å². The summed E-state index contributed by atoms with van der Waals surface area (Å²) in [4.78, 5) is 4.19. The number of nitrogens with two attached hydrogens (primary N) is 1. The molecular formula is C12H17N3O3S2. The molecule has 0 spiro atoms. The summed E-state index contributed by atoms with van der Waals surface area (Å²) < 4.78 is 32.3. The van der Waals surface area contributed by atoms with Crippen LogP contribution in [0.4, 0.5) is 0 Å². The summed E-state index contributed by atoms with van der Waals surface area (Å²) >= 11 is 4.78. The molecule has 1 heterocycles. The van der Waals surface area contributed by atoms with E-state index in [1.54, 1.807) is 7.11 Å². The highest BCUT2D eigenvalue weighted by molar-refractivity contribution is 7.89. The molecule has 0 saturated heterocycles. The zero-order valence-electron chi connectivity index (χ0n) is 11.1. The first-order valence-corrected chi connectivity index (χ1v) is 8.12. The van der Waals surface area contributed by atoms with E-state index in [0.717, 1.165) is 12.8 Å². The largest absolute Gasteiger partial charge is 0.388 e. The summed E-state index contributed by atoms with van der Waals surface area (Å²) in [6.45, 7) is 0. The third-order valence-electron chi connectivity index (χ3n) is 3.34. The van der Waals surface area contributed by atoms with E-state index in [0.29, 0.717) is 12.1 Å². The monoisotopic (exact) mass is 315 g/mol. The molecule has 0 aliphatic heterocycles. The number of sulfonamides is 1. The Balaban J connectivity index is 2.08. The third kappa shape index (κ3) is 3.51. The number of thiocarbonyl (C=S) groups is 1. The Bertz CT molecular complexity index is 586. The highest BCUT2D eigenvalue weighted by atomic mass is 32.2. The van der Waals surface area contributed by atoms with E-state index in [2.05, 4.69) is 9.71 Å². The summed E-state index contributed by atoms with van der Waals surface area (Å²) in [5.74, 6) is 0. The van der Waals surface area contributed by atoms with Gasteiger partial charge in [-0.1, -0.05) is 12.2 Å². The Morgan fingerprint density at radius 1 is 1.50 bits per heavy atom. The molecule has 110 valence electrons. The highest BCUT2D eigenvalue weighted by Crippen LogP contribution is 2.23. The van der Waals surface area contributed by atoms with Crippen LogP contribution in [0.2, 0.25) is 0 Å². The Morgan fingerprint density at radius 2 is 2.25 bits per heavy atom. The molecule has 20 heavy (non-hydrogen) atoms. The number of hydrogen-bond donors (Lipinski definition) is 2. The van der Waals surface area contributed by atoms with Gasteiger partial charge in [-0.15, -0.1) is 0 Å². The lowest BCUT2D eigenvalue weighted by atomic mass is 10.3. The normalized spacial score (nSPS) is 22.9. The number of hydrogen-bond acceptors (Lipinski definition) is 5. The molecule has 0 radical (unpaired) electrons. The number of nitrogens with zero attached hydrogens (tertiary/aromatic N) is 1. The molecule has 1 aromatic heterocycles. The molecule has 2 atom stereocenters. The smallest absolute Gasteiger partial charge is 0.242 e. The lowest BCUT2D eigenvalue weighted by molar-refractivity contribution is 0.107. The SMILES string of the molecule is COC1CCC(NS(=O)(=O)c2ccc(C(N)=S)nc2)C1. The molecule has 0 bridgehead atoms. The first-order chi connectivity index (χ1) is 9.42. The van der Waals surface area contributed by atoms with E-state index in [1.807, 2.05) is 0 Å². The minimum absolute atomic E-state index is 0.0970. The van der Waals surface area contributed by atoms with Gasteiger partial charge in [-0.25, -0.2) is 13.1 Å². The summed E-state index contributed by atoms with van der Waals surface area (Å²) in [5, 5.41) is 0. The van der Waals surface area contributed by atoms with Crippen molar-refractivity contribution in [2.45, 2.75) is 36.3 Å². The van der Waals surface area contributed by atoms with Crippen LogP contribution in [-0.2, 0) is 14.8 Å². The average Bonchev–Trinajstić information content (AvgIpc) is 2.85. The first kappa shape index (κ1) is 15.3. The van der Waals surface area contributed by atoms with E-state index < -0.39 is 10.0 Å². The van der Waals surface area contributed by atoms with E-state index >= 15 is 0 Å². The van der Waals surface area contributed by atoms with Gasteiger partial charge in [0.25, 0.3) is 0 Å². The molecule has 1 fully saturated rings. The summed E-state index contributed by atoms with van der Waals surface area (Å²) in [5.41, 5.74) is 5.83. The molecule has 1 aliphatic rings. The van der Waals surface area contributed by atoms with E-state index in [-0.39, 0.29) is 22.0 Å². The average molecular weight is 315 g/mol. The van der Waals surface area contributed by atoms with Crippen LogP contribution in [0, 0.1) is 0 Å². The predicted octanol–water partition coefficient (Wildman–Crippen LogP) is 0.562. The number of methoxy groups -OCH3 is 1. The molecular weight excluding hydrogens is 298 g/mol. The highest BCUT2D eigenvalue weighted by Gasteiger charge is 2.28. The fourth-order valence-electron chi connectivity index (χ4n) is 2.23. The minimum atomic E-state index is -3.57. The second-order valence-electron chi connectivity index (χ2n) is 4.73. The van der Waals surface area contributed by atoms with Gasteiger partial charge in [-0.3, -0.25) is 4.98 Å². The molecule has 3 N–H and O–H groups in total. The second-order valence-corrected chi connectivity index (χ2v) is 6.89. The van der Waals surface area contributed by atoms with Crippen molar-refractivity contribution in [3.05, 3.63) is 24.0 Å². The van der Waals surface area contributed by atoms with Crippen LogP contribution >= 0.6 is 12.2 Å². The number of rotatable bonds is 5. The zero-order valence-corrected chi connectivity index (χ0v) is 12.7. The van der Waals surface area contributed by atoms with Crippen LogP contribution in [0.3, 0.4) is 0 Å². The number of nitrogens with one attached hydrogen (secondary N) is 1. The third-order valence-corrected chi connectivity index (χ3v) is 5.05. The number of pyridine rings is 1. The summed E-state index contributed by atoms with van der Waals surface area (Å²) in [6, 6.07) is 2.86. The van der Waals surface area contributed by atoms with Gasteiger partial charge in [0, 0.05) is 19.3 Å². The molecule has 1 aliphatic carbocycles. The second kappa shape index (κ2) is 6.13. The number of aromatic nitrogens is 1. The summed E-state index contributed by atoms with van der Waals surface area (Å²) in [6.07, 6.45) is 3.71. The van der Waals surface area contributed by atoms with E-state index in [1.165, 1.54) is 18.3 Å². The Kier molecular flexibility index (Phi) is 4.69. The van der Waals surface area contributed by atoms with Crippen molar-refractivity contribution in [2.75, 3.05) is 7.11 Å². The quantitative estimate of drug-likeness (QED) is 0.771. The van der Waals surface area contributed by atoms with E-state index in [9.17, 15) is 8.42 Å². The van der Waals surface area contributed by atoms with Gasteiger partial charge in [-0.2, -0.15) is 0 Å². The van der Waals surface area contributed by atoms with Crippen molar-refractivity contribution >= 4 is 27.2 Å². The Morgan fingerprint density at radius 3 is 2.75 bits per heavy atom. The fourth-order valence-corrected chi connectivity index (χ4v) is 3.58. The lowest BCUT2D eigenvalue weighted by Gasteiger charge is -2.13. The van der Waals surface area contributed by atoms with Gasteiger partial charge >= 0.3 is 0 Å². The van der Waals surface area contributed by atoms with Crippen molar-refractivity contribution in [2.24, 2.45) is 5.73 Å².